The third-order valence-corrected chi connectivity index (χ3v) is 6.94. The Bertz CT molecular complexity index is 1390. The summed E-state index contributed by atoms with van der Waals surface area (Å²) < 4.78 is 22.3. The van der Waals surface area contributed by atoms with Gasteiger partial charge in [0.05, 0.1) is 16.6 Å². The number of carbonyl (C=O) groups excluding carboxylic acids is 3. The highest BCUT2D eigenvalue weighted by molar-refractivity contribution is 6.07. The molecule has 2 heterocycles. The van der Waals surface area contributed by atoms with Gasteiger partial charge in [-0.15, -0.1) is 0 Å². The van der Waals surface area contributed by atoms with Crippen molar-refractivity contribution in [2.45, 2.75) is 45.6 Å². The number of allylic oxidation sites excluding steroid dienone is 1. The van der Waals surface area contributed by atoms with Crippen molar-refractivity contribution in [1.29, 1.82) is 0 Å². The maximum Gasteiger partial charge on any atom is 0.336 e. The third-order valence-electron chi connectivity index (χ3n) is 6.94. The summed E-state index contributed by atoms with van der Waals surface area (Å²) in [5.41, 5.74) is 1.72. The van der Waals surface area contributed by atoms with Crippen LogP contribution in [0.2, 0.25) is 0 Å². The van der Waals surface area contributed by atoms with Crippen molar-refractivity contribution < 1.29 is 38.3 Å². The van der Waals surface area contributed by atoms with Crippen LogP contribution in [0.1, 0.15) is 45.1 Å². The number of carbonyl (C=O) groups is 3. The molecule has 3 atom stereocenters. The lowest BCUT2D eigenvalue weighted by Crippen LogP contribution is -2.37. The van der Waals surface area contributed by atoms with Crippen molar-refractivity contribution in [3.05, 3.63) is 75.5 Å². The van der Waals surface area contributed by atoms with E-state index in [9.17, 15) is 24.5 Å². The second-order valence-corrected chi connectivity index (χ2v) is 10.0. The van der Waals surface area contributed by atoms with Crippen LogP contribution in [0, 0.1) is 16.0 Å². The van der Waals surface area contributed by atoms with Crippen LogP contribution >= 0.6 is 0 Å². The van der Waals surface area contributed by atoms with E-state index >= 15 is 0 Å². The lowest BCUT2D eigenvalue weighted by atomic mass is 9.75. The molecule has 12 nitrogen and oxygen atoms in total. The number of aliphatic imine (C=N–C) groups is 1. The second-order valence-electron chi connectivity index (χ2n) is 10.0. The van der Waals surface area contributed by atoms with Gasteiger partial charge in [-0.3, -0.25) is 24.7 Å². The molecule has 2 aliphatic rings. The Hall–Kier alpha value is -4.58. The first-order valence-corrected chi connectivity index (χ1v) is 13.6. The van der Waals surface area contributed by atoms with Gasteiger partial charge in [-0.2, -0.15) is 0 Å². The van der Waals surface area contributed by atoms with E-state index in [4.69, 9.17) is 18.9 Å². The molecule has 0 spiro atoms. The van der Waals surface area contributed by atoms with Gasteiger partial charge in [0.2, 0.25) is 5.91 Å². The molecule has 1 N–H and O–H groups in total. The van der Waals surface area contributed by atoms with Crippen molar-refractivity contribution in [3.63, 3.8) is 0 Å². The molecule has 1 saturated heterocycles. The summed E-state index contributed by atoms with van der Waals surface area (Å²) >= 11 is 0. The highest BCUT2D eigenvalue weighted by atomic mass is 16.6. The van der Waals surface area contributed by atoms with E-state index in [-0.39, 0.29) is 43.1 Å². The fourth-order valence-corrected chi connectivity index (χ4v) is 5.05. The smallest absolute Gasteiger partial charge is 0.336 e. The predicted octanol–water partition coefficient (Wildman–Crippen LogP) is 4.35. The zero-order chi connectivity index (χ0) is 30.2. The summed E-state index contributed by atoms with van der Waals surface area (Å²) in [6.45, 7) is 5.31. The third kappa shape index (κ3) is 7.58. The minimum absolute atomic E-state index is 0.0424. The Morgan fingerprint density at radius 1 is 1.10 bits per heavy atom. The lowest BCUT2D eigenvalue weighted by Gasteiger charge is -2.31. The van der Waals surface area contributed by atoms with E-state index in [1.807, 2.05) is 0 Å². The molecule has 2 aliphatic heterocycles. The Morgan fingerprint density at radius 2 is 1.86 bits per heavy atom. The van der Waals surface area contributed by atoms with Gasteiger partial charge in [0.15, 0.2) is 0 Å². The van der Waals surface area contributed by atoms with Gasteiger partial charge in [0.1, 0.15) is 31.5 Å². The molecule has 12 heteroatoms. The van der Waals surface area contributed by atoms with Crippen molar-refractivity contribution in [2.75, 3.05) is 31.7 Å². The van der Waals surface area contributed by atoms with Gasteiger partial charge in [0.25, 0.3) is 5.69 Å². The molecule has 1 unspecified atom stereocenters. The molecule has 222 valence electrons. The van der Waals surface area contributed by atoms with Crippen LogP contribution in [0.4, 0.5) is 11.4 Å². The molecule has 4 rings (SSSR count). The van der Waals surface area contributed by atoms with Gasteiger partial charge in [-0.05, 0) is 56.5 Å². The van der Waals surface area contributed by atoms with E-state index < -0.39 is 28.7 Å². The average Bonchev–Trinajstić information content (AvgIpc) is 3.48. The van der Waals surface area contributed by atoms with E-state index in [2.05, 4.69) is 10.3 Å². The summed E-state index contributed by atoms with van der Waals surface area (Å²) in [7, 11) is 0. The van der Waals surface area contributed by atoms with Crippen LogP contribution in [-0.2, 0) is 28.6 Å². The van der Waals surface area contributed by atoms with Gasteiger partial charge >= 0.3 is 11.9 Å². The van der Waals surface area contributed by atoms with Crippen LogP contribution in [0.5, 0.6) is 5.75 Å². The average molecular weight is 580 g/mol. The van der Waals surface area contributed by atoms with Crippen LogP contribution in [0.15, 0.2) is 64.8 Å². The normalized spacial score (nSPS) is 20.0. The highest BCUT2D eigenvalue weighted by Gasteiger charge is 2.43. The van der Waals surface area contributed by atoms with Crippen molar-refractivity contribution in [2.24, 2.45) is 10.9 Å². The number of hydrogen-bond donors (Lipinski definition) is 1. The maximum absolute atomic E-state index is 13.5. The topological polar surface area (TPSA) is 156 Å². The van der Waals surface area contributed by atoms with Gasteiger partial charge < -0.3 is 24.3 Å². The van der Waals surface area contributed by atoms with E-state index in [0.29, 0.717) is 35.0 Å². The Kier molecular flexibility index (Phi) is 10.0. The number of hydrogen-bond acceptors (Lipinski definition) is 10. The first-order valence-electron chi connectivity index (χ1n) is 13.6. The predicted molar refractivity (Wildman–Crippen MR) is 152 cm³/mol. The molecule has 1 fully saturated rings. The highest BCUT2D eigenvalue weighted by Crippen LogP contribution is 2.41. The fourth-order valence-electron chi connectivity index (χ4n) is 5.05. The number of benzene rings is 2. The van der Waals surface area contributed by atoms with Crippen molar-refractivity contribution >= 4 is 34.9 Å². The minimum Gasteiger partial charge on any atom is -0.490 e. The monoisotopic (exact) mass is 579 g/mol. The molecule has 0 radical (unpaired) electrons. The SMILES string of the molecule is CC(=O)Nc1ccc(OCCOC(=O)C2C(C)=NC(C)=C(C(=O)OC[C@H]3CCCO3)[C@H]2c2cccc([N+](=O)[O-])c2)cc1. The molecule has 1 amide bonds. The molecule has 2 aromatic rings. The van der Waals surface area contributed by atoms with Crippen LogP contribution in [-0.4, -0.2) is 61.0 Å². The number of amides is 1. The van der Waals surface area contributed by atoms with Gasteiger partial charge in [-0.25, -0.2) is 4.79 Å². The molecule has 0 aromatic heterocycles. The number of nitro benzene ring substituents is 1. The maximum atomic E-state index is 13.5. The quantitative estimate of drug-likeness (QED) is 0.177. The van der Waals surface area contributed by atoms with Crippen LogP contribution in [0.3, 0.4) is 0 Å². The van der Waals surface area contributed by atoms with Crippen molar-refractivity contribution in [1.82, 2.24) is 0 Å². The summed E-state index contributed by atoms with van der Waals surface area (Å²) in [6, 6.07) is 12.5. The van der Waals surface area contributed by atoms with Gasteiger partial charge in [0, 0.05) is 48.7 Å². The van der Waals surface area contributed by atoms with E-state index in [1.54, 1.807) is 44.2 Å². The number of nitrogens with one attached hydrogen (secondary N) is 1. The summed E-state index contributed by atoms with van der Waals surface area (Å²) in [6.07, 6.45) is 1.44. The second kappa shape index (κ2) is 13.9. The Balaban J connectivity index is 1.51. The molecule has 2 aromatic carbocycles. The summed E-state index contributed by atoms with van der Waals surface area (Å²) in [4.78, 5) is 53.6. The zero-order valence-corrected chi connectivity index (χ0v) is 23.7. The molecular weight excluding hydrogens is 546 g/mol. The molecular formula is C30H33N3O9. The lowest BCUT2D eigenvalue weighted by molar-refractivity contribution is -0.384. The fraction of sp³-hybridized carbons (Fsp3) is 0.400. The zero-order valence-electron chi connectivity index (χ0n) is 23.7. The number of nitro groups is 1. The van der Waals surface area contributed by atoms with Crippen molar-refractivity contribution in [3.8, 4) is 5.75 Å². The Morgan fingerprint density at radius 3 is 2.52 bits per heavy atom. The number of ether oxygens (including phenoxy) is 4. The van der Waals surface area contributed by atoms with Crippen LogP contribution < -0.4 is 10.1 Å². The molecule has 0 bridgehead atoms. The molecule has 0 saturated carbocycles. The largest absolute Gasteiger partial charge is 0.490 e. The molecule has 0 aliphatic carbocycles. The number of non-ortho nitro benzene ring substituents is 1. The number of nitrogens with zero attached hydrogens (tertiary/aromatic N) is 2. The van der Waals surface area contributed by atoms with Gasteiger partial charge in [-0.1, -0.05) is 12.1 Å². The minimum atomic E-state index is -1.03. The molecule has 42 heavy (non-hydrogen) atoms. The number of esters is 2. The van der Waals surface area contributed by atoms with E-state index in [1.165, 1.54) is 25.1 Å². The first-order chi connectivity index (χ1) is 20.1. The first kappa shape index (κ1) is 30.4. The van der Waals surface area contributed by atoms with E-state index in [0.717, 1.165) is 12.8 Å². The summed E-state index contributed by atoms with van der Waals surface area (Å²) in [5.74, 6) is -2.95. The number of anilines is 1. The number of rotatable bonds is 11. The Labute approximate surface area is 242 Å². The standard InChI is InChI=1S/C30H33N3O9/c1-18-26(29(35)41-15-14-40-24-11-9-22(10-12-24)32-20(3)34)28(21-6-4-7-23(16-21)33(37)38)27(19(2)31-18)30(36)42-17-25-8-5-13-39-25/h4,6-7,9-12,16,25-26,28H,5,8,13-15,17H2,1-3H3,(H,32,34)/t25-,26?,28+/m1/s1. The van der Waals surface area contributed by atoms with Crippen LogP contribution in [0.25, 0.3) is 0 Å². The summed E-state index contributed by atoms with van der Waals surface area (Å²) in [5, 5.41) is 14.2.